The SMILES string of the molecule is CN=C(N)N1CCC(C[C@H](N)CC(=O)N(C)C2CN=C(NC(N)=O)NC2=O)CC1. The average Bonchev–Trinajstić information content (AvgIpc) is 2.67. The first kappa shape index (κ1) is 22.4. The average molecular weight is 409 g/mol. The second kappa shape index (κ2) is 10.0. The predicted octanol–water partition coefficient (Wildman–Crippen LogP) is -2.27. The number of amides is 4. The van der Waals surface area contributed by atoms with E-state index in [-0.39, 0.29) is 30.9 Å². The molecule has 12 heteroatoms. The number of likely N-dealkylation sites (N-methyl/N-ethyl adjacent to an activating group) is 1. The zero-order chi connectivity index (χ0) is 21.6. The summed E-state index contributed by atoms with van der Waals surface area (Å²) in [6.45, 7) is 1.70. The van der Waals surface area contributed by atoms with E-state index >= 15 is 0 Å². The molecule has 29 heavy (non-hydrogen) atoms. The quantitative estimate of drug-likeness (QED) is 0.252. The van der Waals surface area contributed by atoms with Crippen LogP contribution < -0.4 is 27.8 Å². The Morgan fingerprint density at radius 2 is 2.03 bits per heavy atom. The van der Waals surface area contributed by atoms with Crippen molar-refractivity contribution >= 4 is 29.8 Å². The lowest BCUT2D eigenvalue weighted by Gasteiger charge is -2.34. The van der Waals surface area contributed by atoms with Crippen molar-refractivity contribution in [3.05, 3.63) is 0 Å². The lowest BCUT2D eigenvalue weighted by Crippen LogP contribution is -2.58. The van der Waals surface area contributed by atoms with Crippen LogP contribution in [0.5, 0.6) is 0 Å². The number of hydrogen-bond donors (Lipinski definition) is 5. The van der Waals surface area contributed by atoms with Crippen LogP contribution in [0.2, 0.25) is 0 Å². The maximum Gasteiger partial charge on any atom is 0.318 e. The van der Waals surface area contributed by atoms with E-state index in [2.05, 4.69) is 20.6 Å². The first-order valence-corrected chi connectivity index (χ1v) is 9.61. The van der Waals surface area contributed by atoms with E-state index in [1.807, 2.05) is 4.90 Å². The Balaban J connectivity index is 1.80. The molecule has 4 amide bonds. The standard InChI is InChI=1S/C17H31N9O3/c1-21-15(19)26-5-3-10(4-6-26)7-11(18)8-13(27)25(2)12-9-22-17(23-14(12)28)24-16(20)29/h10-12H,3-9,18H2,1-2H3,(H2,19,21)(H4,20,22,23,24,28,29)/t11-,12?/m0/s1. The first-order chi connectivity index (χ1) is 13.7. The fourth-order valence-electron chi connectivity index (χ4n) is 3.58. The van der Waals surface area contributed by atoms with E-state index in [0.717, 1.165) is 32.4 Å². The minimum Gasteiger partial charge on any atom is -0.370 e. The summed E-state index contributed by atoms with van der Waals surface area (Å²) < 4.78 is 0. The van der Waals surface area contributed by atoms with E-state index in [0.29, 0.717) is 11.9 Å². The molecule has 0 spiro atoms. The van der Waals surface area contributed by atoms with Gasteiger partial charge in [-0.05, 0) is 25.2 Å². The van der Waals surface area contributed by atoms with E-state index in [4.69, 9.17) is 17.2 Å². The second-order valence-electron chi connectivity index (χ2n) is 7.40. The number of primary amides is 1. The highest BCUT2D eigenvalue weighted by Crippen LogP contribution is 2.22. The number of piperidine rings is 1. The maximum absolute atomic E-state index is 12.6. The molecule has 0 saturated carbocycles. The minimum absolute atomic E-state index is 0.0172. The van der Waals surface area contributed by atoms with Gasteiger partial charge in [0.1, 0.15) is 6.04 Å². The van der Waals surface area contributed by atoms with Gasteiger partial charge in [-0.1, -0.05) is 0 Å². The lowest BCUT2D eigenvalue weighted by molar-refractivity contribution is -0.138. The summed E-state index contributed by atoms with van der Waals surface area (Å²) in [6.07, 6.45) is 2.78. The molecular formula is C17H31N9O3. The topological polar surface area (TPSA) is 185 Å². The van der Waals surface area contributed by atoms with Gasteiger partial charge in [-0.3, -0.25) is 25.2 Å². The number of carbonyl (C=O) groups excluding carboxylic acids is 3. The molecule has 0 bridgehead atoms. The summed E-state index contributed by atoms with van der Waals surface area (Å²) in [4.78, 5) is 47.0. The van der Waals surface area contributed by atoms with E-state index < -0.39 is 18.0 Å². The Bertz CT molecular complexity index is 686. The number of hydrogen-bond acceptors (Lipinski definition) is 6. The minimum atomic E-state index is -0.826. The third kappa shape index (κ3) is 6.31. The van der Waals surface area contributed by atoms with Gasteiger partial charge < -0.3 is 27.0 Å². The summed E-state index contributed by atoms with van der Waals surface area (Å²) in [5, 5.41) is 4.63. The number of guanidine groups is 2. The molecule has 2 aliphatic heterocycles. The Hall–Kier alpha value is -2.89. The number of aliphatic imine (C=N–C) groups is 2. The van der Waals surface area contributed by atoms with Crippen LogP contribution in [0.15, 0.2) is 9.98 Å². The van der Waals surface area contributed by atoms with Crippen molar-refractivity contribution in [2.75, 3.05) is 33.7 Å². The number of carbonyl (C=O) groups is 3. The van der Waals surface area contributed by atoms with Crippen LogP contribution in [-0.2, 0) is 9.59 Å². The van der Waals surface area contributed by atoms with Crippen molar-refractivity contribution in [2.45, 2.75) is 37.8 Å². The molecule has 1 saturated heterocycles. The van der Waals surface area contributed by atoms with Crippen molar-refractivity contribution in [3.63, 3.8) is 0 Å². The predicted molar refractivity (Wildman–Crippen MR) is 109 cm³/mol. The van der Waals surface area contributed by atoms with Crippen LogP contribution in [0, 0.1) is 5.92 Å². The lowest BCUT2D eigenvalue weighted by atomic mass is 9.89. The molecule has 0 aromatic heterocycles. The van der Waals surface area contributed by atoms with Crippen LogP contribution in [0.4, 0.5) is 4.79 Å². The molecule has 0 radical (unpaired) electrons. The zero-order valence-electron chi connectivity index (χ0n) is 16.9. The van der Waals surface area contributed by atoms with Crippen molar-refractivity contribution in [3.8, 4) is 0 Å². The third-order valence-corrected chi connectivity index (χ3v) is 5.31. The number of urea groups is 1. The largest absolute Gasteiger partial charge is 0.370 e. The number of likely N-dealkylation sites (tertiary alicyclic amines) is 1. The fraction of sp³-hybridized carbons (Fsp3) is 0.706. The highest BCUT2D eigenvalue weighted by atomic mass is 16.2. The summed E-state index contributed by atoms with van der Waals surface area (Å²) in [5.74, 6) is 0.298. The Kier molecular flexibility index (Phi) is 7.76. The van der Waals surface area contributed by atoms with Gasteiger partial charge in [0.15, 0.2) is 5.96 Å². The highest BCUT2D eigenvalue weighted by molar-refractivity contribution is 6.07. The molecule has 8 N–H and O–H groups in total. The van der Waals surface area contributed by atoms with Crippen LogP contribution in [-0.4, -0.2) is 85.4 Å². The van der Waals surface area contributed by atoms with E-state index in [1.54, 1.807) is 14.1 Å². The van der Waals surface area contributed by atoms with Crippen LogP contribution in [0.25, 0.3) is 0 Å². The van der Waals surface area contributed by atoms with E-state index in [1.165, 1.54) is 4.90 Å². The molecule has 2 heterocycles. The van der Waals surface area contributed by atoms with E-state index in [9.17, 15) is 14.4 Å². The second-order valence-corrected chi connectivity index (χ2v) is 7.40. The first-order valence-electron chi connectivity index (χ1n) is 9.61. The number of nitrogens with zero attached hydrogens (tertiary/aromatic N) is 4. The van der Waals surface area contributed by atoms with Gasteiger partial charge in [-0.15, -0.1) is 0 Å². The van der Waals surface area contributed by atoms with Crippen molar-refractivity contribution < 1.29 is 14.4 Å². The molecule has 0 aromatic rings. The Labute approximate surface area is 169 Å². The summed E-state index contributed by atoms with van der Waals surface area (Å²) >= 11 is 0. The van der Waals surface area contributed by atoms with Crippen molar-refractivity contribution in [2.24, 2.45) is 33.1 Å². The fourth-order valence-corrected chi connectivity index (χ4v) is 3.58. The van der Waals surface area contributed by atoms with Gasteiger partial charge in [-0.2, -0.15) is 0 Å². The van der Waals surface area contributed by atoms with Gasteiger partial charge in [-0.25, -0.2) is 9.79 Å². The van der Waals surface area contributed by atoms with Crippen molar-refractivity contribution in [1.29, 1.82) is 0 Å². The van der Waals surface area contributed by atoms with Gasteiger partial charge >= 0.3 is 6.03 Å². The molecule has 0 aromatic carbocycles. The molecule has 12 nitrogen and oxygen atoms in total. The molecule has 0 aliphatic carbocycles. The van der Waals surface area contributed by atoms with Crippen molar-refractivity contribution in [1.82, 2.24) is 20.4 Å². The van der Waals surface area contributed by atoms with Crippen LogP contribution in [0.3, 0.4) is 0 Å². The summed E-state index contributed by atoms with van der Waals surface area (Å²) in [6, 6.07) is -1.87. The Morgan fingerprint density at radius 1 is 1.38 bits per heavy atom. The Morgan fingerprint density at radius 3 is 2.59 bits per heavy atom. The highest BCUT2D eigenvalue weighted by Gasteiger charge is 2.32. The van der Waals surface area contributed by atoms with Gasteiger partial charge in [0.2, 0.25) is 11.9 Å². The maximum atomic E-state index is 12.6. The van der Waals surface area contributed by atoms with Crippen LogP contribution >= 0.6 is 0 Å². The molecule has 2 aliphatic rings. The summed E-state index contributed by atoms with van der Waals surface area (Å²) in [5.41, 5.74) is 17.0. The number of rotatable bonds is 5. The molecule has 162 valence electrons. The molecular weight excluding hydrogens is 378 g/mol. The smallest absolute Gasteiger partial charge is 0.318 e. The summed E-state index contributed by atoms with van der Waals surface area (Å²) in [7, 11) is 3.22. The molecule has 1 fully saturated rings. The zero-order valence-corrected chi connectivity index (χ0v) is 16.9. The normalized spacial score (nSPS) is 21.8. The molecule has 1 unspecified atom stereocenters. The molecule has 2 atom stereocenters. The monoisotopic (exact) mass is 409 g/mol. The van der Waals surface area contributed by atoms with Gasteiger partial charge in [0.25, 0.3) is 5.91 Å². The van der Waals surface area contributed by atoms with Gasteiger partial charge in [0.05, 0.1) is 6.54 Å². The van der Waals surface area contributed by atoms with Gasteiger partial charge in [0, 0.05) is 39.6 Å². The molecule has 2 rings (SSSR count). The number of nitrogens with two attached hydrogens (primary N) is 3. The van der Waals surface area contributed by atoms with Crippen LogP contribution in [0.1, 0.15) is 25.7 Å². The number of nitrogens with one attached hydrogen (secondary N) is 2. The third-order valence-electron chi connectivity index (χ3n) is 5.31.